The summed E-state index contributed by atoms with van der Waals surface area (Å²) in [4.78, 5) is 12.5. The van der Waals surface area contributed by atoms with Crippen molar-refractivity contribution in [1.82, 2.24) is 20.3 Å². The van der Waals surface area contributed by atoms with Crippen molar-refractivity contribution >= 4 is 27.3 Å². The van der Waals surface area contributed by atoms with Crippen molar-refractivity contribution in [2.75, 3.05) is 0 Å². The number of carbonyl (C=O) groups is 1. The molecule has 0 unspecified atom stereocenters. The first-order valence-electron chi connectivity index (χ1n) is 8.37. The number of amides is 1. The molecule has 148 valence electrons. The van der Waals surface area contributed by atoms with Crippen LogP contribution >= 0.6 is 11.3 Å². The predicted octanol–water partition coefficient (Wildman–Crippen LogP) is 4.57. The summed E-state index contributed by atoms with van der Waals surface area (Å²) in [6.45, 7) is 0.0452. The van der Waals surface area contributed by atoms with Gasteiger partial charge in [-0.2, -0.15) is 13.2 Å². The van der Waals surface area contributed by atoms with Crippen molar-refractivity contribution < 1.29 is 22.4 Å². The topological polar surface area (TPSA) is 59.8 Å². The van der Waals surface area contributed by atoms with Gasteiger partial charge in [-0.05, 0) is 46.7 Å². The summed E-state index contributed by atoms with van der Waals surface area (Å²) in [6.07, 6.45) is -4.89. The van der Waals surface area contributed by atoms with Gasteiger partial charge in [0.05, 0.1) is 5.69 Å². The summed E-state index contributed by atoms with van der Waals surface area (Å²) in [5.41, 5.74) is -1.44. The Balaban J connectivity index is 1.63. The third-order valence-electron chi connectivity index (χ3n) is 4.23. The molecule has 10 heteroatoms. The maximum Gasteiger partial charge on any atom is 0.435 e. The number of aromatic nitrogens is 3. The lowest BCUT2D eigenvalue weighted by molar-refractivity contribution is -0.143. The van der Waals surface area contributed by atoms with Gasteiger partial charge >= 0.3 is 6.18 Å². The van der Waals surface area contributed by atoms with E-state index in [1.165, 1.54) is 11.3 Å². The van der Waals surface area contributed by atoms with Crippen molar-refractivity contribution in [3.8, 4) is 5.69 Å². The average Bonchev–Trinajstić information content (AvgIpc) is 3.31. The van der Waals surface area contributed by atoms with E-state index in [4.69, 9.17) is 0 Å². The van der Waals surface area contributed by atoms with Crippen LogP contribution in [0.3, 0.4) is 0 Å². The van der Waals surface area contributed by atoms with E-state index < -0.39 is 29.3 Å². The molecule has 0 fully saturated rings. The number of hydrogen-bond donors (Lipinski definition) is 1. The molecule has 0 saturated carbocycles. The van der Waals surface area contributed by atoms with Crippen molar-refractivity contribution in [3.63, 3.8) is 0 Å². The van der Waals surface area contributed by atoms with Gasteiger partial charge in [-0.3, -0.25) is 4.79 Å². The van der Waals surface area contributed by atoms with Crippen LogP contribution in [0.4, 0.5) is 17.6 Å². The first-order chi connectivity index (χ1) is 13.8. The molecule has 0 atom stereocenters. The fraction of sp³-hybridized carbons (Fsp3) is 0.105. The minimum Gasteiger partial charge on any atom is -0.346 e. The van der Waals surface area contributed by atoms with Crippen LogP contribution in [0.1, 0.15) is 21.7 Å². The van der Waals surface area contributed by atoms with Crippen molar-refractivity contribution in [2.24, 2.45) is 0 Å². The van der Waals surface area contributed by atoms with Gasteiger partial charge in [-0.1, -0.05) is 23.4 Å². The number of carbonyl (C=O) groups excluding carboxylic acids is 1. The SMILES string of the molecule is O=C(NCc1csc2ccccc12)c1nnn(-c2ccc(F)cc2)c1C(F)(F)F. The van der Waals surface area contributed by atoms with Crippen LogP contribution in [0.25, 0.3) is 15.8 Å². The van der Waals surface area contributed by atoms with Crippen LogP contribution < -0.4 is 5.32 Å². The minimum absolute atomic E-state index is 0.0452. The number of benzene rings is 2. The number of rotatable bonds is 4. The van der Waals surface area contributed by atoms with E-state index in [0.29, 0.717) is 4.68 Å². The zero-order valence-corrected chi connectivity index (χ0v) is 15.4. The summed E-state index contributed by atoms with van der Waals surface area (Å²) < 4.78 is 55.5. The van der Waals surface area contributed by atoms with Gasteiger partial charge in [0.2, 0.25) is 0 Å². The van der Waals surface area contributed by atoms with Crippen LogP contribution in [-0.2, 0) is 12.7 Å². The third kappa shape index (κ3) is 3.70. The Bertz CT molecular complexity index is 1180. The molecule has 1 N–H and O–H groups in total. The summed E-state index contributed by atoms with van der Waals surface area (Å²) in [6, 6.07) is 11.8. The molecular formula is C19H12F4N4OS. The average molecular weight is 420 g/mol. The highest BCUT2D eigenvalue weighted by atomic mass is 32.1. The molecule has 0 spiro atoms. The highest BCUT2D eigenvalue weighted by molar-refractivity contribution is 7.17. The Morgan fingerprint density at radius 1 is 1.10 bits per heavy atom. The molecule has 0 bridgehead atoms. The Labute approximate surface area is 165 Å². The molecule has 4 aromatic rings. The first-order valence-corrected chi connectivity index (χ1v) is 9.24. The predicted molar refractivity (Wildman–Crippen MR) is 99.3 cm³/mol. The Hall–Kier alpha value is -3.27. The number of nitrogens with zero attached hydrogens (tertiary/aromatic N) is 3. The molecule has 2 aromatic heterocycles. The Morgan fingerprint density at radius 3 is 2.55 bits per heavy atom. The number of halogens is 4. The lowest BCUT2D eigenvalue weighted by Gasteiger charge is -2.11. The van der Waals surface area contributed by atoms with E-state index in [-0.39, 0.29) is 12.2 Å². The zero-order valence-electron chi connectivity index (χ0n) is 14.6. The quantitative estimate of drug-likeness (QED) is 0.492. The molecule has 1 amide bonds. The standard InChI is InChI=1S/C19H12F4N4OS/c20-12-5-7-13(8-6-12)27-17(19(21,22)23)16(25-26-27)18(28)24-9-11-10-29-15-4-2-1-3-14(11)15/h1-8,10H,9H2,(H,24,28). The van der Waals surface area contributed by atoms with Crippen molar-refractivity contribution in [3.05, 3.63) is 76.7 Å². The fourth-order valence-electron chi connectivity index (χ4n) is 2.88. The largest absolute Gasteiger partial charge is 0.435 e. The van der Waals surface area contributed by atoms with Crippen LogP contribution in [0.5, 0.6) is 0 Å². The molecule has 5 nitrogen and oxygen atoms in total. The van der Waals surface area contributed by atoms with Crippen LogP contribution in [0.2, 0.25) is 0 Å². The molecule has 2 heterocycles. The summed E-state index contributed by atoms with van der Waals surface area (Å²) in [5.74, 6) is -1.61. The zero-order chi connectivity index (χ0) is 20.6. The van der Waals surface area contributed by atoms with Gasteiger partial charge < -0.3 is 5.32 Å². The smallest absolute Gasteiger partial charge is 0.346 e. The summed E-state index contributed by atoms with van der Waals surface area (Å²) in [7, 11) is 0. The summed E-state index contributed by atoms with van der Waals surface area (Å²) >= 11 is 1.48. The highest BCUT2D eigenvalue weighted by Gasteiger charge is 2.42. The highest BCUT2D eigenvalue weighted by Crippen LogP contribution is 2.33. The molecule has 0 aliphatic heterocycles. The summed E-state index contributed by atoms with van der Waals surface area (Å²) in [5, 5.41) is 12.1. The monoisotopic (exact) mass is 420 g/mol. The van der Waals surface area contributed by atoms with Gasteiger partial charge in [0.25, 0.3) is 5.91 Å². The number of thiophene rings is 1. The number of hydrogen-bond acceptors (Lipinski definition) is 4. The maximum atomic E-state index is 13.6. The number of nitrogens with one attached hydrogen (secondary N) is 1. The van der Waals surface area contributed by atoms with E-state index in [9.17, 15) is 22.4 Å². The second kappa shape index (κ2) is 7.28. The van der Waals surface area contributed by atoms with Crippen molar-refractivity contribution in [2.45, 2.75) is 12.7 Å². The van der Waals surface area contributed by atoms with Gasteiger partial charge in [-0.25, -0.2) is 9.07 Å². The van der Waals surface area contributed by atoms with Gasteiger partial charge in [0.1, 0.15) is 5.82 Å². The van der Waals surface area contributed by atoms with Crippen LogP contribution in [-0.4, -0.2) is 20.9 Å². The van der Waals surface area contributed by atoms with Gasteiger partial charge in [-0.15, -0.1) is 16.4 Å². The van der Waals surface area contributed by atoms with E-state index in [1.54, 1.807) is 0 Å². The van der Waals surface area contributed by atoms with E-state index in [1.807, 2.05) is 29.6 Å². The molecule has 0 saturated heterocycles. The third-order valence-corrected chi connectivity index (χ3v) is 5.24. The molecule has 0 aliphatic rings. The molecule has 0 radical (unpaired) electrons. The first kappa shape index (κ1) is 19.1. The second-order valence-electron chi connectivity index (χ2n) is 6.11. The van der Waals surface area contributed by atoms with Crippen molar-refractivity contribution in [1.29, 1.82) is 0 Å². The van der Waals surface area contributed by atoms with E-state index in [0.717, 1.165) is 39.9 Å². The second-order valence-corrected chi connectivity index (χ2v) is 7.02. The van der Waals surface area contributed by atoms with Crippen LogP contribution in [0, 0.1) is 5.82 Å². The fourth-order valence-corrected chi connectivity index (χ4v) is 3.84. The maximum absolute atomic E-state index is 13.6. The Kier molecular flexibility index (Phi) is 4.79. The molecule has 29 heavy (non-hydrogen) atoms. The molecule has 4 rings (SSSR count). The molecule has 0 aliphatic carbocycles. The van der Waals surface area contributed by atoms with E-state index in [2.05, 4.69) is 15.6 Å². The van der Waals surface area contributed by atoms with Gasteiger partial charge in [0, 0.05) is 11.2 Å². The number of fused-ring (bicyclic) bond motifs is 1. The minimum atomic E-state index is -4.89. The Morgan fingerprint density at radius 2 is 1.83 bits per heavy atom. The lowest BCUT2D eigenvalue weighted by atomic mass is 10.2. The van der Waals surface area contributed by atoms with Crippen LogP contribution in [0.15, 0.2) is 53.9 Å². The number of alkyl halides is 3. The van der Waals surface area contributed by atoms with Gasteiger partial charge in [0.15, 0.2) is 11.4 Å². The molecular weight excluding hydrogens is 408 g/mol. The lowest BCUT2D eigenvalue weighted by Crippen LogP contribution is -2.27. The van der Waals surface area contributed by atoms with E-state index >= 15 is 0 Å². The normalized spacial score (nSPS) is 11.7. The molecule has 2 aromatic carbocycles.